The molecule has 1 aromatic heterocycles. The Labute approximate surface area is 158 Å². The van der Waals surface area contributed by atoms with Gasteiger partial charge in [-0.1, -0.05) is 18.2 Å². The third-order valence-electron chi connectivity index (χ3n) is 4.32. The molecule has 2 aromatic carbocycles. The first-order valence-electron chi connectivity index (χ1n) is 8.83. The molecular weight excluding hydrogens is 342 g/mol. The molecule has 0 aliphatic rings. The number of para-hydroxylation sites is 1. The van der Waals surface area contributed by atoms with Gasteiger partial charge in [0.05, 0.1) is 7.11 Å². The number of nitrogens with one attached hydrogen (secondary N) is 2. The summed E-state index contributed by atoms with van der Waals surface area (Å²) in [6.45, 7) is 3.25. The fourth-order valence-corrected chi connectivity index (χ4v) is 2.95. The van der Waals surface area contributed by atoms with Crippen LogP contribution in [0.5, 0.6) is 11.5 Å². The second-order valence-corrected chi connectivity index (χ2v) is 6.26. The first-order valence-corrected chi connectivity index (χ1v) is 8.83. The standard InChI is InChI=1S/C21H23N3O3/c1-14-13-24-20-17(8-4-9-18(20)27-2)19(14)22-10-5-11-23-21(26)15-6-3-7-16(25)12-15/h3-4,6-9,12-13,25H,5,10-11H2,1-2H3,(H,22,24)(H,23,26). The summed E-state index contributed by atoms with van der Waals surface area (Å²) in [5.74, 6) is 0.634. The van der Waals surface area contributed by atoms with Crippen molar-refractivity contribution in [2.75, 3.05) is 25.5 Å². The topological polar surface area (TPSA) is 83.5 Å². The summed E-state index contributed by atoms with van der Waals surface area (Å²) in [6, 6.07) is 12.2. The van der Waals surface area contributed by atoms with E-state index in [0.717, 1.165) is 34.3 Å². The third kappa shape index (κ3) is 4.28. The Hall–Kier alpha value is -3.28. The fraction of sp³-hybridized carbons (Fsp3) is 0.238. The van der Waals surface area contributed by atoms with E-state index in [9.17, 15) is 9.90 Å². The number of phenols is 1. The Bertz CT molecular complexity index is 957. The SMILES string of the molecule is COc1cccc2c(NCCCNC(=O)c3cccc(O)c3)c(C)cnc12. The molecule has 3 aromatic rings. The van der Waals surface area contributed by atoms with Crippen LogP contribution in [-0.4, -0.2) is 36.2 Å². The van der Waals surface area contributed by atoms with Crippen molar-refractivity contribution in [3.63, 3.8) is 0 Å². The molecule has 0 radical (unpaired) electrons. The van der Waals surface area contributed by atoms with Crippen LogP contribution >= 0.6 is 0 Å². The van der Waals surface area contributed by atoms with Crippen LogP contribution in [-0.2, 0) is 0 Å². The molecule has 3 rings (SSSR count). The number of nitrogens with zero attached hydrogens (tertiary/aromatic N) is 1. The van der Waals surface area contributed by atoms with Crippen LogP contribution in [0.2, 0.25) is 0 Å². The van der Waals surface area contributed by atoms with Crippen LogP contribution < -0.4 is 15.4 Å². The van der Waals surface area contributed by atoms with Gasteiger partial charge in [0, 0.05) is 35.9 Å². The molecule has 140 valence electrons. The van der Waals surface area contributed by atoms with Gasteiger partial charge in [0.25, 0.3) is 5.91 Å². The zero-order valence-electron chi connectivity index (χ0n) is 15.5. The Kier molecular flexibility index (Phi) is 5.76. The highest BCUT2D eigenvalue weighted by atomic mass is 16.5. The summed E-state index contributed by atoms with van der Waals surface area (Å²) in [5.41, 5.74) is 3.36. The molecule has 0 aliphatic heterocycles. The van der Waals surface area contributed by atoms with E-state index in [0.29, 0.717) is 18.7 Å². The number of carbonyl (C=O) groups is 1. The molecule has 6 nitrogen and oxygen atoms in total. The molecule has 0 bridgehead atoms. The fourth-order valence-electron chi connectivity index (χ4n) is 2.95. The van der Waals surface area contributed by atoms with Gasteiger partial charge in [0.1, 0.15) is 17.0 Å². The van der Waals surface area contributed by atoms with Crippen molar-refractivity contribution in [3.05, 3.63) is 59.8 Å². The molecule has 0 aliphatic carbocycles. The van der Waals surface area contributed by atoms with Gasteiger partial charge in [-0.05, 0) is 43.2 Å². The molecule has 3 N–H and O–H groups in total. The highest BCUT2D eigenvalue weighted by Gasteiger charge is 2.09. The number of hydrogen-bond acceptors (Lipinski definition) is 5. The lowest BCUT2D eigenvalue weighted by Gasteiger charge is -2.14. The number of aromatic nitrogens is 1. The molecule has 27 heavy (non-hydrogen) atoms. The number of fused-ring (bicyclic) bond motifs is 1. The molecular formula is C21H23N3O3. The van der Waals surface area contributed by atoms with Gasteiger partial charge in [-0.3, -0.25) is 9.78 Å². The summed E-state index contributed by atoms with van der Waals surface area (Å²) in [7, 11) is 1.64. The summed E-state index contributed by atoms with van der Waals surface area (Å²) >= 11 is 0. The minimum Gasteiger partial charge on any atom is -0.508 e. The van der Waals surface area contributed by atoms with Crippen LogP contribution in [0.3, 0.4) is 0 Å². The number of ether oxygens (including phenoxy) is 1. The van der Waals surface area contributed by atoms with Gasteiger partial charge >= 0.3 is 0 Å². The first kappa shape index (κ1) is 18.5. The lowest BCUT2D eigenvalue weighted by Crippen LogP contribution is -2.25. The van der Waals surface area contributed by atoms with Gasteiger partial charge in [-0.25, -0.2) is 0 Å². The number of aryl methyl sites for hydroxylation is 1. The number of aromatic hydroxyl groups is 1. The number of methoxy groups -OCH3 is 1. The largest absolute Gasteiger partial charge is 0.508 e. The Morgan fingerprint density at radius 3 is 2.78 bits per heavy atom. The number of pyridine rings is 1. The van der Waals surface area contributed by atoms with E-state index in [4.69, 9.17) is 4.74 Å². The number of hydrogen-bond donors (Lipinski definition) is 3. The molecule has 1 amide bonds. The highest BCUT2D eigenvalue weighted by Crippen LogP contribution is 2.30. The molecule has 0 saturated heterocycles. The average Bonchev–Trinajstić information content (AvgIpc) is 2.68. The van der Waals surface area contributed by atoms with Crippen molar-refractivity contribution in [3.8, 4) is 11.5 Å². The summed E-state index contributed by atoms with van der Waals surface area (Å²) in [6.07, 6.45) is 2.59. The van der Waals surface area contributed by atoms with E-state index in [-0.39, 0.29) is 11.7 Å². The molecule has 0 spiro atoms. The summed E-state index contributed by atoms with van der Waals surface area (Å²) < 4.78 is 5.39. The number of rotatable bonds is 7. The van der Waals surface area contributed by atoms with Crippen LogP contribution in [0.1, 0.15) is 22.3 Å². The number of benzene rings is 2. The van der Waals surface area contributed by atoms with Crippen molar-refractivity contribution in [2.24, 2.45) is 0 Å². The predicted molar refractivity (Wildman–Crippen MR) is 107 cm³/mol. The van der Waals surface area contributed by atoms with E-state index < -0.39 is 0 Å². The number of amides is 1. The van der Waals surface area contributed by atoms with Gasteiger partial charge in [0.2, 0.25) is 0 Å². The molecule has 0 atom stereocenters. The van der Waals surface area contributed by atoms with E-state index in [2.05, 4.69) is 15.6 Å². The lowest BCUT2D eigenvalue weighted by atomic mass is 10.1. The molecule has 0 saturated carbocycles. The smallest absolute Gasteiger partial charge is 0.251 e. The second kappa shape index (κ2) is 8.40. The first-order chi connectivity index (χ1) is 13.1. The van der Waals surface area contributed by atoms with E-state index >= 15 is 0 Å². The number of phenolic OH excluding ortho intramolecular Hbond substituents is 1. The van der Waals surface area contributed by atoms with Gasteiger partial charge < -0.3 is 20.5 Å². The van der Waals surface area contributed by atoms with Crippen LogP contribution in [0.4, 0.5) is 5.69 Å². The Morgan fingerprint density at radius 2 is 2.00 bits per heavy atom. The zero-order valence-corrected chi connectivity index (χ0v) is 15.5. The number of carbonyl (C=O) groups excluding carboxylic acids is 1. The van der Waals surface area contributed by atoms with E-state index in [1.807, 2.05) is 31.3 Å². The van der Waals surface area contributed by atoms with Crippen molar-refractivity contribution in [1.82, 2.24) is 10.3 Å². The van der Waals surface area contributed by atoms with Crippen molar-refractivity contribution >= 4 is 22.5 Å². The predicted octanol–water partition coefficient (Wildman–Crippen LogP) is 3.49. The van der Waals surface area contributed by atoms with Gasteiger partial charge in [-0.2, -0.15) is 0 Å². The maximum absolute atomic E-state index is 12.1. The van der Waals surface area contributed by atoms with Crippen molar-refractivity contribution in [2.45, 2.75) is 13.3 Å². The molecule has 0 fully saturated rings. The average molecular weight is 365 g/mol. The molecule has 6 heteroatoms. The maximum atomic E-state index is 12.1. The summed E-state index contributed by atoms with van der Waals surface area (Å²) in [5, 5.41) is 16.8. The van der Waals surface area contributed by atoms with Crippen LogP contribution in [0.25, 0.3) is 10.9 Å². The minimum atomic E-state index is -0.193. The lowest BCUT2D eigenvalue weighted by molar-refractivity contribution is 0.0953. The second-order valence-electron chi connectivity index (χ2n) is 6.26. The van der Waals surface area contributed by atoms with Gasteiger partial charge in [-0.15, -0.1) is 0 Å². The van der Waals surface area contributed by atoms with Gasteiger partial charge in [0.15, 0.2) is 0 Å². The quantitative estimate of drug-likeness (QED) is 0.558. The zero-order chi connectivity index (χ0) is 19.2. The maximum Gasteiger partial charge on any atom is 0.251 e. The van der Waals surface area contributed by atoms with E-state index in [1.54, 1.807) is 19.2 Å². The normalized spacial score (nSPS) is 10.6. The van der Waals surface area contributed by atoms with Crippen molar-refractivity contribution in [1.29, 1.82) is 0 Å². The summed E-state index contributed by atoms with van der Waals surface area (Å²) in [4.78, 5) is 16.5. The highest BCUT2D eigenvalue weighted by molar-refractivity contribution is 5.96. The van der Waals surface area contributed by atoms with E-state index in [1.165, 1.54) is 12.1 Å². The van der Waals surface area contributed by atoms with Crippen LogP contribution in [0, 0.1) is 6.92 Å². The molecule has 1 heterocycles. The van der Waals surface area contributed by atoms with Crippen LogP contribution in [0.15, 0.2) is 48.7 Å². The Balaban J connectivity index is 1.58. The number of anilines is 1. The monoisotopic (exact) mass is 365 g/mol. The minimum absolute atomic E-state index is 0.0831. The molecule has 0 unspecified atom stereocenters. The van der Waals surface area contributed by atoms with Crippen molar-refractivity contribution < 1.29 is 14.6 Å². The third-order valence-corrected chi connectivity index (χ3v) is 4.32. The Morgan fingerprint density at radius 1 is 1.19 bits per heavy atom.